The van der Waals surface area contributed by atoms with Gasteiger partial charge in [0.05, 0.1) is 19.1 Å². The van der Waals surface area contributed by atoms with E-state index in [1.807, 2.05) is 0 Å². The monoisotopic (exact) mass is 253 g/mol. The van der Waals surface area contributed by atoms with E-state index in [0.29, 0.717) is 12.0 Å². The van der Waals surface area contributed by atoms with Gasteiger partial charge in [0.1, 0.15) is 11.6 Å². The number of ether oxygens (including phenoxy) is 2. The highest BCUT2D eigenvalue weighted by Gasteiger charge is 2.25. The van der Waals surface area contributed by atoms with E-state index in [9.17, 15) is 9.59 Å². The van der Waals surface area contributed by atoms with Crippen molar-refractivity contribution in [3.8, 4) is 6.07 Å². The minimum atomic E-state index is -0.694. The summed E-state index contributed by atoms with van der Waals surface area (Å²) in [6.45, 7) is 7.20. The number of esters is 2. The Morgan fingerprint density at radius 3 is 2.11 bits per heavy atom. The van der Waals surface area contributed by atoms with Crippen LogP contribution >= 0.6 is 0 Å². The molecule has 0 unspecified atom stereocenters. The van der Waals surface area contributed by atoms with E-state index >= 15 is 0 Å². The van der Waals surface area contributed by atoms with Crippen molar-refractivity contribution in [2.75, 3.05) is 13.2 Å². The SMILES string of the molecule is CCOC(=O)/C(C#N)=C(\C)[C@H](CC)C(=O)OCC. The van der Waals surface area contributed by atoms with Gasteiger partial charge in [-0.05, 0) is 32.8 Å². The van der Waals surface area contributed by atoms with Crippen molar-refractivity contribution in [3.63, 3.8) is 0 Å². The molecule has 1 atom stereocenters. The van der Waals surface area contributed by atoms with Gasteiger partial charge in [-0.2, -0.15) is 5.26 Å². The molecule has 0 spiro atoms. The summed E-state index contributed by atoms with van der Waals surface area (Å²) in [4.78, 5) is 23.3. The minimum Gasteiger partial charge on any atom is -0.466 e. The highest BCUT2D eigenvalue weighted by atomic mass is 16.5. The molecule has 0 N–H and O–H groups in total. The van der Waals surface area contributed by atoms with Crippen LogP contribution in [-0.2, 0) is 19.1 Å². The fourth-order valence-corrected chi connectivity index (χ4v) is 1.56. The van der Waals surface area contributed by atoms with Crippen LogP contribution in [0.4, 0.5) is 0 Å². The maximum Gasteiger partial charge on any atom is 0.348 e. The number of nitriles is 1. The molecule has 0 aromatic rings. The normalized spacial score (nSPS) is 13.1. The number of carbonyl (C=O) groups excluding carboxylic acids is 2. The number of hydrogen-bond acceptors (Lipinski definition) is 5. The number of carbonyl (C=O) groups is 2. The Bertz CT molecular complexity index is 379. The van der Waals surface area contributed by atoms with Crippen molar-refractivity contribution in [3.05, 3.63) is 11.1 Å². The molecule has 0 aromatic heterocycles. The zero-order chi connectivity index (χ0) is 14.1. The lowest BCUT2D eigenvalue weighted by molar-refractivity contribution is -0.146. The maximum absolute atomic E-state index is 11.7. The molecule has 5 heteroatoms. The van der Waals surface area contributed by atoms with Gasteiger partial charge < -0.3 is 9.47 Å². The second kappa shape index (κ2) is 8.29. The molecule has 0 aromatic carbocycles. The molecule has 0 radical (unpaired) electrons. The molecular weight excluding hydrogens is 234 g/mol. The van der Waals surface area contributed by atoms with E-state index in [0.717, 1.165) is 0 Å². The molecule has 0 aliphatic carbocycles. The van der Waals surface area contributed by atoms with Gasteiger partial charge >= 0.3 is 11.9 Å². The van der Waals surface area contributed by atoms with Crippen LogP contribution in [0.1, 0.15) is 34.1 Å². The van der Waals surface area contributed by atoms with E-state index in [-0.39, 0.29) is 18.8 Å². The van der Waals surface area contributed by atoms with E-state index in [2.05, 4.69) is 0 Å². The summed E-state index contributed by atoms with van der Waals surface area (Å²) in [5, 5.41) is 8.99. The minimum absolute atomic E-state index is 0.114. The third-order valence-electron chi connectivity index (χ3n) is 2.49. The predicted molar refractivity (Wildman–Crippen MR) is 65.4 cm³/mol. The summed E-state index contributed by atoms with van der Waals surface area (Å²) in [7, 11) is 0. The molecular formula is C13H19NO4. The highest BCUT2D eigenvalue weighted by molar-refractivity contribution is 5.95. The fourth-order valence-electron chi connectivity index (χ4n) is 1.56. The zero-order valence-corrected chi connectivity index (χ0v) is 11.3. The molecule has 0 saturated heterocycles. The Morgan fingerprint density at radius 1 is 1.17 bits per heavy atom. The van der Waals surface area contributed by atoms with Crippen molar-refractivity contribution in [1.29, 1.82) is 5.26 Å². The summed E-state index contributed by atoms with van der Waals surface area (Å²) in [5.41, 5.74) is 0.286. The first-order chi connectivity index (χ1) is 8.53. The molecule has 0 saturated carbocycles. The molecule has 0 aliphatic heterocycles. The molecule has 0 bridgehead atoms. The summed E-state index contributed by atoms with van der Waals surface area (Å²) >= 11 is 0. The molecule has 100 valence electrons. The van der Waals surface area contributed by atoms with Gasteiger partial charge in [-0.1, -0.05) is 6.92 Å². The van der Waals surface area contributed by atoms with Gasteiger partial charge in [0.15, 0.2) is 0 Å². The molecule has 0 heterocycles. The summed E-state index contributed by atoms with van der Waals surface area (Å²) < 4.78 is 9.69. The largest absolute Gasteiger partial charge is 0.466 e. The Balaban J connectivity index is 5.24. The molecule has 5 nitrogen and oxygen atoms in total. The lowest BCUT2D eigenvalue weighted by atomic mass is 9.93. The molecule has 0 rings (SSSR count). The van der Waals surface area contributed by atoms with Crippen LogP contribution in [-0.4, -0.2) is 25.2 Å². The lowest BCUT2D eigenvalue weighted by Crippen LogP contribution is -2.21. The topological polar surface area (TPSA) is 76.4 Å². The first kappa shape index (κ1) is 16.2. The van der Waals surface area contributed by atoms with E-state index in [1.54, 1.807) is 33.8 Å². The van der Waals surface area contributed by atoms with Crippen LogP contribution in [0.15, 0.2) is 11.1 Å². The third kappa shape index (κ3) is 4.21. The zero-order valence-electron chi connectivity index (χ0n) is 11.3. The van der Waals surface area contributed by atoms with Crippen molar-refractivity contribution in [2.45, 2.75) is 34.1 Å². The Morgan fingerprint density at radius 2 is 1.72 bits per heavy atom. The van der Waals surface area contributed by atoms with Crippen molar-refractivity contribution in [1.82, 2.24) is 0 Å². The number of hydrogen-bond donors (Lipinski definition) is 0. The van der Waals surface area contributed by atoms with Crippen LogP contribution in [0.25, 0.3) is 0 Å². The number of nitrogens with zero attached hydrogens (tertiary/aromatic N) is 1. The van der Waals surface area contributed by atoms with Crippen LogP contribution in [0.2, 0.25) is 0 Å². The third-order valence-corrected chi connectivity index (χ3v) is 2.49. The van der Waals surface area contributed by atoms with Crippen molar-refractivity contribution in [2.24, 2.45) is 5.92 Å². The summed E-state index contributed by atoms with van der Waals surface area (Å²) in [5.74, 6) is -1.70. The lowest BCUT2D eigenvalue weighted by Gasteiger charge is -2.15. The Hall–Kier alpha value is -1.83. The van der Waals surface area contributed by atoms with Crippen LogP contribution in [0, 0.1) is 17.2 Å². The van der Waals surface area contributed by atoms with Gasteiger partial charge in [0.25, 0.3) is 0 Å². The second-order valence-corrected chi connectivity index (χ2v) is 3.60. The van der Waals surface area contributed by atoms with E-state index in [4.69, 9.17) is 14.7 Å². The van der Waals surface area contributed by atoms with Crippen molar-refractivity contribution < 1.29 is 19.1 Å². The average Bonchev–Trinajstić information content (AvgIpc) is 2.31. The van der Waals surface area contributed by atoms with Gasteiger partial charge in [0.2, 0.25) is 0 Å². The maximum atomic E-state index is 11.7. The van der Waals surface area contributed by atoms with Gasteiger partial charge in [-0.25, -0.2) is 4.79 Å². The van der Waals surface area contributed by atoms with Crippen LogP contribution < -0.4 is 0 Å². The van der Waals surface area contributed by atoms with Gasteiger partial charge in [-0.15, -0.1) is 0 Å². The molecule has 0 amide bonds. The predicted octanol–water partition coefficient (Wildman–Crippen LogP) is 1.98. The van der Waals surface area contributed by atoms with Crippen LogP contribution in [0.5, 0.6) is 0 Å². The van der Waals surface area contributed by atoms with Gasteiger partial charge in [-0.3, -0.25) is 4.79 Å². The van der Waals surface area contributed by atoms with Gasteiger partial charge in [0, 0.05) is 0 Å². The second-order valence-electron chi connectivity index (χ2n) is 3.60. The molecule has 0 fully saturated rings. The summed E-state index contributed by atoms with van der Waals surface area (Å²) in [6, 6.07) is 1.80. The van der Waals surface area contributed by atoms with Crippen LogP contribution in [0.3, 0.4) is 0 Å². The molecule has 18 heavy (non-hydrogen) atoms. The standard InChI is InChI=1S/C13H19NO4/c1-5-10(12(15)17-6-2)9(4)11(8-14)13(16)18-7-3/h10H,5-7H2,1-4H3/b11-9+/t10-/m0/s1. The highest BCUT2D eigenvalue weighted by Crippen LogP contribution is 2.21. The quantitative estimate of drug-likeness (QED) is 0.411. The molecule has 0 aliphatic rings. The van der Waals surface area contributed by atoms with E-state index in [1.165, 1.54) is 0 Å². The average molecular weight is 253 g/mol. The van der Waals surface area contributed by atoms with Crippen molar-refractivity contribution >= 4 is 11.9 Å². The fraction of sp³-hybridized carbons (Fsp3) is 0.615. The first-order valence-electron chi connectivity index (χ1n) is 5.97. The summed E-state index contributed by atoms with van der Waals surface area (Å²) in [6.07, 6.45) is 0.468. The number of rotatable bonds is 6. The van der Waals surface area contributed by atoms with E-state index < -0.39 is 17.9 Å². The Labute approximate surface area is 107 Å². The smallest absolute Gasteiger partial charge is 0.348 e. The Kier molecular flexibility index (Phi) is 7.45. The first-order valence-corrected chi connectivity index (χ1v) is 5.97.